The number of fused-ring (bicyclic) bond motifs is 1. The predicted molar refractivity (Wildman–Crippen MR) is 206 cm³/mol. The molecule has 3 amide bonds. The fraction of sp³-hybridized carbons (Fsp3) is 0.268. The van der Waals surface area contributed by atoms with Gasteiger partial charge in [0.25, 0.3) is 0 Å². The van der Waals surface area contributed by atoms with Crippen LogP contribution in [0, 0.1) is 0 Å². The first-order valence-corrected chi connectivity index (χ1v) is 17.7. The lowest BCUT2D eigenvalue weighted by Gasteiger charge is -2.15. The second kappa shape index (κ2) is 19.0. The molecule has 12 heteroatoms. The summed E-state index contributed by atoms with van der Waals surface area (Å²) in [4.78, 5) is 50.4. The number of aliphatic hydroxyl groups excluding tert-OH is 1. The number of carbonyl (C=O) groups is 3. The molecule has 1 heterocycles. The third-order valence-electron chi connectivity index (χ3n) is 8.85. The smallest absolute Gasteiger partial charge is 0.409 e. The van der Waals surface area contributed by atoms with Gasteiger partial charge < -0.3 is 36.3 Å². The number of unbranched alkanes of at least 4 members (excludes halogenated alkanes) is 2. The Morgan fingerprint density at radius 1 is 0.755 bits per heavy atom. The molecular weight excluding hydrogens is 674 g/mol. The van der Waals surface area contributed by atoms with E-state index in [9.17, 15) is 34.5 Å². The summed E-state index contributed by atoms with van der Waals surface area (Å²) in [7, 11) is 0. The van der Waals surface area contributed by atoms with Gasteiger partial charge in [0, 0.05) is 55.2 Å². The van der Waals surface area contributed by atoms with Crippen LogP contribution in [0.5, 0.6) is 5.75 Å². The summed E-state index contributed by atoms with van der Waals surface area (Å²) in [5.74, 6) is -0.174. The highest BCUT2D eigenvalue weighted by Crippen LogP contribution is 2.30. The first kappa shape index (κ1) is 38.3. The van der Waals surface area contributed by atoms with Crippen LogP contribution in [0.25, 0.3) is 22.0 Å². The average Bonchev–Trinajstić information content (AvgIpc) is 3.14. The van der Waals surface area contributed by atoms with Crippen LogP contribution >= 0.6 is 0 Å². The molecule has 0 saturated heterocycles. The Kier molecular flexibility index (Phi) is 13.7. The van der Waals surface area contributed by atoms with Gasteiger partial charge in [-0.15, -0.1) is 0 Å². The highest BCUT2D eigenvalue weighted by molar-refractivity contribution is 5.91. The van der Waals surface area contributed by atoms with Crippen molar-refractivity contribution < 1.29 is 29.7 Å². The maximum Gasteiger partial charge on any atom is 0.409 e. The monoisotopic (exact) mass is 719 g/mol. The molecule has 0 saturated carbocycles. The molecule has 12 nitrogen and oxygen atoms in total. The van der Waals surface area contributed by atoms with E-state index in [1.807, 2.05) is 72.8 Å². The number of hydrogen-bond acceptors (Lipinski definition) is 7. The van der Waals surface area contributed by atoms with Crippen LogP contribution in [0.3, 0.4) is 0 Å². The summed E-state index contributed by atoms with van der Waals surface area (Å²) in [6.45, 7) is 1.28. The van der Waals surface area contributed by atoms with Crippen molar-refractivity contribution >= 4 is 40.2 Å². The van der Waals surface area contributed by atoms with E-state index in [2.05, 4.69) is 26.3 Å². The molecule has 0 aliphatic carbocycles. The minimum atomic E-state index is -1.13. The van der Waals surface area contributed by atoms with Crippen LogP contribution in [0.1, 0.15) is 61.3 Å². The van der Waals surface area contributed by atoms with Crippen molar-refractivity contribution in [3.8, 4) is 16.9 Å². The van der Waals surface area contributed by atoms with Gasteiger partial charge in [0.1, 0.15) is 5.75 Å². The zero-order valence-corrected chi connectivity index (χ0v) is 29.4. The first-order valence-electron chi connectivity index (χ1n) is 17.7. The fourth-order valence-corrected chi connectivity index (χ4v) is 6.13. The number of H-pyrrole nitrogens is 1. The van der Waals surface area contributed by atoms with E-state index >= 15 is 0 Å². The largest absolute Gasteiger partial charge is 0.506 e. The molecule has 53 heavy (non-hydrogen) atoms. The summed E-state index contributed by atoms with van der Waals surface area (Å²) < 4.78 is 0. The Morgan fingerprint density at radius 3 is 2.28 bits per heavy atom. The molecule has 1 aromatic heterocycles. The molecule has 4 aromatic carbocycles. The predicted octanol–water partition coefficient (Wildman–Crippen LogP) is 6.45. The van der Waals surface area contributed by atoms with Gasteiger partial charge in [0.05, 0.1) is 17.3 Å². The number of phenols is 1. The number of carbonyl (C=O) groups excluding carboxylic acids is 2. The molecule has 5 aromatic rings. The Labute approximate surface area is 307 Å². The van der Waals surface area contributed by atoms with Crippen LogP contribution in [0.2, 0.25) is 0 Å². The van der Waals surface area contributed by atoms with Gasteiger partial charge in [-0.3, -0.25) is 19.7 Å². The number of aryl methyl sites for hydroxylation is 1. The third-order valence-corrected chi connectivity index (χ3v) is 8.85. The van der Waals surface area contributed by atoms with E-state index in [-0.39, 0.29) is 35.2 Å². The number of anilines is 2. The molecule has 0 radical (unpaired) electrons. The number of phenolic OH excluding ortho intramolecular Hbond substituents is 1. The molecule has 0 spiro atoms. The molecule has 0 aliphatic heterocycles. The number of carboxylic acid groups (broad SMARTS) is 1. The lowest BCUT2D eigenvalue weighted by atomic mass is 9.99. The molecule has 5 rings (SSSR count). The van der Waals surface area contributed by atoms with Crippen molar-refractivity contribution in [3.63, 3.8) is 0 Å². The summed E-state index contributed by atoms with van der Waals surface area (Å²) in [6.07, 6.45) is 2.28. The standard InChI is InChI=1S/C41H45N5O7/c47-35-21-19-32(33-20-22-39(51)46-40(33)35)36(48)26-42-25-28-13-16-30(17-14-28)44-38(50)11-5-2-6-23-43-37(49)12-7-8-27-15-18-31(29-9-3-1-4-10-29)34(24-27)45-41(52)53/h1,3-4,9-10,13-22,24,36,42,45,47-48H,2,5-8,11-12,23,25-26H2,(H,43,49)(H,44,50)(H,46,51)(H,52,53)/t36-/m0/s1. The minimum Gasteiger partial charge on any atom is -0.506 e. The fourth-order valence-electron chi connectivity index (χ4n) is 6.13. The lowest BCUT2D eigenvalue weighted by Crippen LogP contribution is -2.24. The van der Waals surface area contributed by atoms with Gasteiger partial charge in [-0.1, -0.05) is 67.1 Å². The Morgan fingerprint density at radius 2 is 1.51 bits per heavy atom. The normalized spacial score (nSPS) is 11.6. The van der Waals surface area contributed by atoms with Gasteiger partial charge in [-0.05, 0) is 78.3 Å². The van der Waals surface area contributed by atoms with Gasteiger partial charge in [0.2, 0.25) is 17.4 Å². The molecule has 8 N–H and O–H groups in total. The van der Waals surface area contributed by atoms with Gasteiger partial charge in [0.15, 0.2) is 0 Å². The number of pyridine rings is 1. The summed E-state index contributed by atoms with van der Waals surface area (Å²) in [5.41, 5.74) is 5.37. The number of aliphatic hydroxyl groups is 1. The highest BCUT2D eigenvalue weighted by Gasteiger charge is 2.14. The molecule has 0 aliphatic rings. The molecule has 0 bridgehead atoms. The summed E-state index contributed by atoms with van der Waals surface area (Å²) >= 11 is 0. The van der Waals surface area contributed by atoms with Crippen LogP contribution in [0.15, 0.2) is 102 Å². The number of nitrogens with one attached hydrogen (secondary N) is 5. The molecule has 1 atom stereocenters. The number of aromatic amines is 1. The number of hydrogen-bond donors (Lipinski definition) is 8. The van der Waals surface area contributed by atoms with E-state index in [4.69, 9.17) is 0 Å². The van der Waals surface area contributed by atoms with Crippen LogP contribution in [-0.4, -0.2) is 51.3 Å². The molecule has 0 unspecified atom stereocenters. The van der Waals surface area contributed by atoms with Crippen molar-refractivity contribution in [1.29, 1.82) is 0 Å². The van der Waals surface area contributed by atoms with Crippen LogP contribution in [-0.2, 0) is 22.6 Å². The zero-order valence-electron chi connectivity index (χ0n) is 29.4. The maximum atomic E-state index is 12.5. The van der Waals surface area contributed by atoms with Crippen LogP contribution in [0.4, 0.5) is 16.2 Å². The third kappa shape index (κ3) is 11.5. The highest BCUT2D eigenvalue weighted by atomic mass is 16.4. The molecule has 276 valence electrons. The van der Waals surface area contributed by atoms with E-state index in [1.54, 1.807) is 12.1 Å². The van der Waals surface area contributed by atoms with Crippen molar-refractivity contribution in [2.45, 2.75) is 57.6 Å². The number of amides is 3. The van der Waals surface area contributed by atoms with E-state index in [0.29, 0.717) is 67.5 Å². The van der Waals surface area contributed by atoms with Gasteiger partial charge in [-0.25, -0.2) is 4.79 Å². The Bertz CT molecular complexity index is 2070. The second-order valence-electron chi connectivity index (χ2n) is 12.9. The van der Waals surface area contributed by atoms with Crippen LogP contribution < -0.4 is 26.8 Å². The van der Waals surface area contributed by atoms with E-state index < -0.39 is 12.2 Å². The van der Waals surface area contributed by atoms with Crippen molar-refractivity contribution in [1.82, 2.24) is 15.6 Å². The summed E-state index contributed by atoms with van der Waals surface area (Å²) in [6, 6.07) is 28.7. The zero-order chi connectivity index (χ0) is 37.6. The van der Waals surface area contributed by atoms with Crippen molar-refractivity contribution in [2.75, 3.05) is 23.7 Å². The maximum absolute atomic E-state index is 12.5. The Balaban J connectivity index is 0.933. The van der Waals surface area contributed by atoms with Crippen molar-refractivity contribution in [3.05, 3.63) is 124 Å². The minimum absolute atomic E-state index is 0.0352. The van der Waals surface area contributed by atoms with Gasteiger partial charge in [-0.2, -0.15) is 0 Å². The van der Waals surface area contributed by atoms with Crippen molar-refractivity contribution in [2.24, 2.45) is 0 Å². The SMILES string of the molecule is O=C(O)Nc1cc(CCCC(=O)NCCCCCC(=O)Nc2ccc(CNC[C@H](O)c3ccc(O)c4[nH]c(=O)ccc34)cc2)ccc1-c1ccccc1. The number of aromatic nitrogens is 1. The topological polar surface area (TPSA) is 193 Å². The second-order valence-corrected chi connectivity index (χ2v) is 12.9. The molecular formula is C41H45N5O7. The number of benzene rings is 4. The molecule has 0 fully saturated rings. The van der Waals surface area contributed by atoms with E-state index in [1.165, 1.54) is 12.1 Å². The lowest BCUT2D eigenvalue weighted by molar-refractivity contribution is -0.121. The van der Waals surface area contributed by atoms with Gasteiger partial charge >= 0.3 is 6.09 Å². The Hall–Kier alpha value is -5.98. The quantitative estimate of drug-likeness (QED) is 0.0474. The first-order chi connectivity index (χ1) is 25.7. The summed E-state index contributed by atoms with van der Waals surface area (Å²) in [5, 5.41) is 42.2. The number of aromatic hydroxyl groups is 1. The average molecular weight is 720 g/mol. The number of rotatable bonds is 18. The van der Waals surface area contributed by atoms with E-state index in [0.717, 1.165) is 35.1 Å².